The maximum Gasteiger partial charge on any atom is 0.302 e. The molecule has 0 bridgehead atoms. The van der Waals surface area contributed by atoms with Crippen LogP contribution in [-0.4, -0.2) is 38.3 Å². The van der Waals surface area contributed by atoms with Crippen LogP contribution in [0.4, 0.5) is 0 Å². The molecule has 0 amide bonds. The number of nitrogens with one attached hydrogen (secondary N) is 2. The van der Waals surface area contributed by atoms with Crippen LogP contribution in [0.15, 0.2) is 0 Å². The molecule has 1 heterocycles. The summed E-state index contributed by atoms with van der Waals surface area (Å²) in [7, 11) is 0. The fourth-order valence-electron chi connectivity index (χ4n) is 1.09. The van der Waals surface area contributed by atoms with E-state index in [1.165, 1.54) is 6.92 Å². The summed E-state index contributed by atoms with van der Waals surface area (Å²) in [6, 6.07) is 0. The van der Waals surface area contributed by atoms with Gasteiger partial charge in [0.1, 0.15) is 6.10 Å². The Balaban J connectivity index is 0. The predicted molar refractivity (Wildman–Crippen MR) is 61.9 cm³/mol. The fraction of sp³-hybridized carbons (Fsp3) is 0.857. The molecule has 6 heteroatoms. The highest BCUT2D eigenvalue weighted by molar-refractivity contribution is 8.93. The topological polar surface area (TPSA) is 50.4 Å². The predicted octanol–water partition coefficient (Wildman–Crippen LogP) is 0.267. The fourth-order valence-corrected chi connectivity index (χ4v) is 1.09. The van der Waals surface area contributed by atoms with E-state index in [4.69, 9.17) is 4.74 Å². The highest BCUT2D eigenvalue weighted by Gasteiger charge is 2.12. The molecule has 2 N–H and O–H groups in total. The van der Waals surface area contributed by atoms with Crippen LogP contribution >= 0.6 is 34.0 Å². The number of rotatable bonds is 1. The standard InChI is InChI=1S/C7H14N2O2.2BrH/c1-6(10)11-7-4-8-2-3-9-5-7;;/h7-9H,2-5H2,1H3;2*1H. The van der Waals surface area contributed by atoms with E-state index in [1.54, 1.807) is 0 Å². The summed E-state index contributed by atoms with van der Waals surface area (Å²) >= 11 is 0. The molecule has 0 saturated carbocycles. The normalized spacial score (nSPS) is 17.6. The summed E-state index contributed by atoms with van der Waals surface area (Å²) < 4.78 is 5.01. The van der Waals surface area contributed by atoms with E-state index in [0.29, 0.717) is 0 Å². The van der Waals surface area contributed by atoms with Crippen LogP contribution in [0.2, 0.25) is 0 Å². The van der Waals surface area contributed by atoms with Crippen LogP contribution in [0.25, 0.3) is 0 Å². The van der Waals surface area contributed by atoms with Crippen LogP contribution in [0.1, 0.15) is 6.92 Å². The maximum absolute atomic E-state index is 10.5. The third-order valence-electron chi connectivity index (χ3n) is 1.56. The number of ether oxygens (including phenoxy) is 1. The highest BCUT2D eigenvalue weighted by Crippen LogP contribution is 1.91. The molecule has 1 aliphatic rings. The quantitative estimate of drug-likeness (QED) is 0.681. The molecular formula is C7H16Br2N2O2. The minimum Gasteiger partial charge on any atom is -0.460 e. The van der Waals surface area contributed by atoms with Crippen LogP contribution in [0, 0.1) is 0 Å². The summed E-state index contributed by atoms with van der Waals surface area (Å²) in [6.45, 7) is 4.83. The van der Waals surface area contributed by atoms with Crippen molar-refractivity contribution in [3.05, 3.63) is 0 Å². The van der Waals surface area contributed by atoms with E-state index >= 15 is 0 Å². The Labute approximate surface area is 99.3 Å². The van der Waals surface area contributed by atoms with Gasteiger partial charge in [-0.2, -0.15) is 0 Å². The summed E-state index contributed by atoms with van der Waals surface area (Å²) in [4.78, 5) is 10.5. The van der Waals surface area contributed by atoms with E-state index in [2.05, 4.69) is 10.6 Å². The minimum absolute atomic E-state index is 0. The lowest BCUT2D eigenvalue weighted by Gasteiger charge is -2.13. The van der Waals surface area contributed by atoms with Gasteiger partial charge in [-0.05, 0) is 0 Å². The van der Waals surface area contributed by atoms with Crippen LogP contribution in [0.5, 0.6) is 0 Å². The lowest BCUT2D eigenvalue weighted by Crippen LogP contribution is -2.33. The van der Waals surface area contributed by atoms with Gasteiger partial charge in [-0.15, -0.1) is 34.0 Å². The van der Waals surface area contributed by atoms with Crippen molar-refractivity contribution in [1.82, 2.24) is 10.6 Å². The van der Waals surface area contributed by atoms with E-state index in [1.807, 2.05) is 0 Å². The summed E-state index contributed by atoms with van der Waals surface area (Å²) in [5.41, 5.74) is 0. The molecule has 1 rings (SSSR count). The molecule has 0 unspecified atom stereocenters. The van der Waals surface area contributed by atoms with Gasteiger partial charge >= 0.3 is 5.97 Å². The van der Waals surface area contributed by atoms with E-state index in [9.17, 15) is 4.79 Å². The molecule has 0 radical (unpaired) electrons. The van der Waals surface area contributed by atoms with Crippen LogP contribution < -0.4 is 10.6 Å². The van der Waals surface area contributed by atoms with Crippen molar-refractivity contribution in [3.63, 3.8) is 0 Å². The van der Waals surface area contributed by atoms with E-state index in [0.717, 1.165) is 26.2 Å². The summed E-state index contributed by atoms with van der Waals surface area (Å²) in [6.07, 6.45) is -0.00463. The average Bonchev–Trinajstić information content (AvgIpc) is 2.14. The number of carbonyl (C=O) groups is 1. The molecule has 1 fully saturated rings. The molecule has 0 aromatic heterocycles. The Bertz CT molecular complexity index is 138. The molecule has 0 atom stereocenters. The minimum atomic E-state index is -0.208. The molecule has 1 aliphatic heterocycles. The maximum atomic E-state index is 10.5. The van der Waals surface area contributed by atoms with Crippen molar-refractivity contribution < 1.29 is 9.53 Å². The monoisotopic (exact) mass is 318 g/mol. The first-order valence-electron chi connectivity index (χ1n) is 3.87. The molecule has 4 nitrogen and oxygen atoms in total. The van der Waals surface area contributed by atoms with E-state index < -0.39 is 0 Å². The zero-order chi connectivity index (χ0) is 8.10. The van der Waals surface area contributed by atoms with Crippen LogP contribution in [0.3, 0.4) is 0 Å². The Morgan fingerprint density at radius 1 is 1.23 bits per heavy atom. The van der Waals surface area contributed by atoms with Gasteiger partial charge in [0.05, 0.1) is 0 Å². The van der Waals surface area contributed by atoms with Gasteiger partial charge in [-0.25, -0.2) is 0 Å². The number of halogens is 2. The average molecular weight is 320 g/mol. The first-order chi connectivity index (χ1) is 5.29. The van der Waals surface area contributed by atoms with Gasteiger partial charge in [0, 0.05) is 33.1 Å². The molecule has 80 valence electrons. The van der Waals surface area contributed by atoms with Gasteiger partial charge < -0.3 is 15.4 Å². The third-order valence-corrected chi connectivity index (χ3v) is 1.56. The number of hydrogen-bond acceptors (Lipinski definition) is 4. The van der Waals surface area contributed by atoms with E-state index in [-0.39, 0.29) is 46.0 Å². The zero-order valence-corrected chi connectivity index (χ0v) is 11.0. The largest absolute Gasteiger partial charge is 0.460 e. The molecule has 0 aliphatic carbocycles. The van der Waals surface area contributed by atoms with Crippen molar-refractivity contribution in [1.29, 1.82) is 0 Å². The second kappa shape index (κ2) is 8.93. The first kappa shape index (κ1) is 15.8. The Morgan fingerprint density at radius 2 is 1.69 bits per heavy atom. The van der Waals surface area contributed by atoms with Crippen molar-refractivity contribution in [2.45, 2.75) is 13.0 Å². The van der Waals surface area contributed by atoms with Crippen molar-refractivity contribution >= 4 is 39.9 Å². The Morgan fingerprint density at radius 3 is 2.08 bits per heavy atom. The van der Waals surface area contributed by atoms with Gasteiger partial charge in [0.25, 0.3) is 0 Å². The van der Waals surface area contributed by atoms with Gasteiger partial charge in [0.15, 0.2) is 0 Å². The lowest BCUT2D eigenvalue weighted by atomic mass is 10.3. The smallest absolute Gasteiger partial charge is 0.302 e. The third kappa shape index (κ3) is 7.42. The molecular weight excluding hydrogens is 304 g/mol. The zero-order valence-electron chi connectivity index (χ0n) is 7.54. The highest BCUT2D eigenvalue weighted by atomic mass is 79.9. The number of carbonyl (C=O) groups excluding carboxylic acids is 1. The Hall–Kier alpha value is 0.350. The lowest BCUT2D eigenvalue weighted by molar-refractivity contribution is -0.145. The number of hydrogen-bond donors (Lipinski definition) is 2. The van der Waals surface area contributed by atoms with Gasteiger partial charge in [-0.3, -0.25) is 4.79 Å². The van der Waals surface area contributed by atoms with Crippen molar-refractivity contribution in [3.8, 4) is 0 Å². The summed E-state index contributed by atoms with van der Waals surface area (Å²) in [5.74, 6) is -0.208. The second-order valence-corrected chi connectivity index (χ2v) is 2.64. The van der Waals surface area contributed by atoms with Gasteiger partial charge in [-0.1, -0.05) is 0 Å². The molecule has 13 heavy (non-hydrogen) atoms. The van der Waals surface area contributed by atoms with Gasteiger partial charge in [0.2, 0.25) is 0 Å². The van der Waals surface area contributed by atoms with Crippen molar-refractivity contribution in [2.75, 3.05) is 26.2 Å². The SMILES string of the molecule is Br.Br.CC(=O)OC1CNCCNC1. The first-order valence-corrected chi connectivity index (χ1v) is 3.87. The molecule has 0 spiro atoms. The second-order valence-electron chi connectivity index (χ2n) is 2.64. The molecule has 0 aromatic rings. The van der Waals surface area contributed by atoms with Crippen molar-refractivity contribution in [2.24, 2.45) is 0 Å². The summed E-state index contributed by atoms with van der Waals surface area (Å²) in [5, 5.41) is 6.33. The molecule has 1 saturated heterocycles. The Kier molecular flexibility index (Phi) is 10.9. The number of esters is 1. The molecule has 0 aromatic carbocycles. The van der Waals surface area contributed by atoms with Crippen LogP contribution in [-0.2, 0) is 9.53 Å².